The van der Waals surface area contributed by atoms with E-state index < -0.39 is 0 Å². The zero-order chi connectivity index (χ0) is 22.0. The van der Waals surface area contributed by atoms with Crippen LogP contribution in [0.1, 0.15) is 23.6 Å². The normalized spacial score (nSPS) is 13.8. The second-order valence-corrected chi connectivity index (χ2v) is 8.66. The molecule has 1 aliphatic heterocycles. The highest BCUT2D eigenvalue weighted by atomic mass is 32.2. The van der Waals surface area contributed by atoms with E-state index in [4.69, 9.17) is 0 Å². The number of nitrogens with one attached hydrogen (secondary N) is 1. The summed E-state index contributed by atoms with van der Waals surface area (Å²) in [5.41, 5.74) is 5.08. The van der Waals surface area contributed by atoms with Gasteiger partial charge in [0, 0.05) is 10.6 Å². The van der Waals surface area contributed by atoms with Crippen molar-refractivity contribution in [3.8, 4) is 0 Å². The van der Waals surface area contributed by atoms with Crippen LogP contribution in [0.5, 0.6) is 0 Å². The highest BCUT2D eigenvalue weighted by Gasteiger charge is 2.40. The summed E-state index contributed by atoms with van der Waals surface area (Å²) in [5, 5.41) is 3.20. The van der Waals surface area contributed by atoms with Crippen LogP contribution in [0, 0.1) is 13.8 Å². The van der Waals surface area contributed by atoms with E-state index in [9.17, 15) is 9.59 Å². The highest BCUT2D eigenvalue weighted by molar-refractivity contribution is 8.04. The summed E-state index contributed by atoms with van der Waals surface area (Å²) in [6, 6.07) is 23.3. The van der Waals surface area contributed by atoms with E-state index in [1.807, 2.05) is 86.6 Å². The van der Waals surface area contributed by atoms with Crippen LogP contribution in [-0.4, -0.2) is 11.8 Å². The van der Waals surface area contributed by atoms with Crippen LogP contribution >= 0.6 is 11.8 Å². The van der Waals surface area contributed by atoms with E-state index in [0.29, 0.717) is 16.3 Å². The van der Waals surface area contributed by atoms with Crippen molar-refractivity contribution < 1.29 is 9.59 Å². The van der Waals surface area contributed by atoms with Crippen LogP contribution in [0.3, 0.4) is 0 Å². The van der Waals surface area contributed by atoms with Gasteiger partial charge in [-0.2, -0.15) is 0 Å². The van der Waals surface area contributed by atoms with Gasteiger partial charge in [-0.3, -0.25) is 9.59 Å². The molecule has 0 fully saturated rings. The molecule has 5 heteroatoms. The first kappa shape index (κ1) is 20.9. The Labute approximate surface area is 187 Å². The molecule has 31 heavy (non-hydrogen) atoms. The van der Waals surface area contributed by atoms with Crippen LogP contribution < -0.4 is 10.2 Å². The van der Waals surface area contributed by atoms with Gasteiger partial charge < -0.3 is 5.32 Å². The molecule has 0 spiro atoms. The Kier molecular flexibility index (Phi) is 5.96. The lowest BCUT2D eigenvalue weighted by Gasteiger charge is -2.15. The smallest absolute Gasteiger partial charge is 0.283 e. The average Bonchev–Trinajstić information content (AvgIpc) is 3.01. The molecule has 0 saturated carbocycles. The van der Waals surface area contributed by atoms with Gasteiger partial charge >= 0.3 is 0 Å². The molecule has 1 N–H and O–H groups in total. The van der Waals surface area contributed by atoms with Crippen LogP contribution in [0.25, 0.3) is 0 Å². The van der Waals surface area contributed by atoms with Gasteiger partial charge in [0.1, 0.15) is 10.6 Å². The van der Waals surface area contributed by atoms with Gasteiger partial charge in [-0.15, -0.1) is 0 Å². The molecule has 0 bridgehead atoms. The number of hydrogen-bond acceptors (Lipinski definition) is 4. The molecular weight excluding hydrogens is 404 g/mol. The Bertz CT molecular complexity index is 1080. The molecule has 2 amide bonds. The monoisotopic (exact) mass is 428 g/mol. The molecule has 1 heterocycles. The van der Waals surface area contributed by atoms with Gasteiger partial charge in [0.2, 0.25) is 0 Å². The zero-order valence-electron chi connectivity index (χ0n) is 17.8. The summed E-state index contributed by atoms with van der Waals surface area (Å²) in [5.74, 6) is -0.654. The molecule has 0 aliphatic carbocycles. The summed E-state index contributed by atoms with van der Waals surface area (Å²) in [6.07, 6.45) is 0.898. The number of imide groups is 1. The largest absolute Gasteiger partial charge is 0.350 e. The Morgan fingerprint density at radius 3 is 1.94 bits per heavy atom. The first-order valence-electron chi connectivity index (χ1n) is 10.3. The fourth-order valence-corrected chi connectivity index (χ4v) is 4.26. The molecule has 4 rings (SSSR count). The number of hydrogen-bond donors (Lipinski definition) is 1. The maximum atomic E-state index is 13.4. The number of carbonyl (C=O) groups is 2. The fourth-order valence-electron chi connectivity index (χ4n) is 3.34. The SMILES string of the molecule is CCc1ccc(N2C(=O)C(Nc3ccc(C)cc3)=C(Sc3ccc(C)cc3)C2=O)cc1. The number of anilines is 2. The molecule has 0 atom stereocenters. The molecule has 0 radical (unpaired) electrons. The van der Waals surface area contributed by atoms with Gasteiger partial charge in [0.25, 0.3) is 11.8 Å². The molecule has 1 aliphatic rings. The molecule has 3 aromatic rings. The Morgan fingerprint density at radius 2 is 1.35 bits per heavy atom. The van der Waals surface area contributed by atoms with Gasteiger partial charge in [0.15, 0.2) is 0 Å². The third kappa shape index (κ3) is 4.42. The lowest BCUT2D eigenvalue weighted by Crippen LogP contribution is -2.32. The van der Waals surface area contributed by atoms with Gasteiger partial charge in [-0.25, -0.2) is 4.90 Å². The van der Waals surface area contributed by atoms with Crippen molar-refractivity contribution in [1.29, 1.82) is 0 Å². The van der Waals surface area contributed by atoms with Crippen LogP contribution in [0.4, 0.5) is 11.4 Å². The summed E-state index contributed by atoms with van der Waals surface area (Å²) in [7, 11) is 0. The number of rotatable bonds is 6. The fraction of sp³-hybridized carbons (Fsp3) is 0.154. The van der Waals surface area contributed by atoms with Crippen molar-refractivity contribution in [3.05, 3.63) is 100 Å². The number of benzene rings is 3. The molecule has 3 aromatic carbocycles. The molecule has 0 unspecified atom stereocenters. The number of thioether (sulfide) groups is 1. The maximum absolute atomic E-state index is 13.4. The standard InChI is InChI=1S/C26H24N2O2S/c1-4-19-9-13-21(14-10-19)28-25(29)23(27-20-11-5-17(2)6-12-20)24(26(28)30)31-22-15-7-18(3)8-16-22/h5-16,27H,4H2,1-3H3. The summed E-state index contributed by atoms with van der Waals surface area (Å²) in [4.78, 5) is 29.3. The summed E-state index contributed by atoms with van der Waals surface area (Å²) >= 11 is 1.31. The predicted molar refractivity (Wildman–Crippen MR) is 127 cm³/mol. The predicted octanol–water partition coefficient (Wildman–Crippen LogP) is 5.86. The highest BCUT2D eigenvalue weighted by Crippen LogP contribution is 2.38. The van der Waals surface area contributed by atoms with Crippen molar-refractivity contribution in [3.63, 3.8) is 0 Å². The maximum Gasteiger partial charge on any atom is 0.283 e. The zero-order valence-corrected chi connectivity index (χ0v) is 18.6. The second kappa shape index (κ2) is 8.82. The Hall–Kier alpha value is -3.31. The lowest BCUT2D eigenvalue weighted by atomic mass is 10.1. The second-order valence-electron chi connectivity index (χ2n) is 7.58. The van der Waals surface area contributed by atoms with Crippen molar-refractivity contribution in [2.75, 3.05) is 10.2 Å². The first-order valence-corrected chi connectivity index (χ1v) is 11.1. The number of amides is 2. The minimum absolute atomic E-state index is 0.305. The van der Waals surface area contributed by atoms with E-state index in [-0.39, 0.29) is 11.8 Å². The van der Waals surface area contributed by atoms with E-state index in [1.54, 1.807) is 0 Å². The Morgan fingerprint density at radius 1 is 0.774 bits per heavy atom. The van der Waals surface area contributed by atoms with Gasteiger partial charge in [-0.1, -0.05) is 66.2 Å². The first-order chi connectivity index (χ1) is 15.0. The summed E-state index contributed by atoms with van der Waals surface area (Å²) in [6.45, 7) is 6.10. The van der Waals surface area contributed by atoms with Crippen molar-refractivity contribution >= 4 is 35.0 Å². The average molecular weight is 429 g/mol. The quantitative estimate of drug-likeness (QED) is 0.500. The number of aryl methyl sites for hydroxylation is 3. The number of carbonyl (C=O) groups excluding carboxylic acids is 2. The van der Waals surface area contributed by atoms with E-state index >= 15 is 0 Å². The third-order valence-corrected chi connectivity index (χ3v) is 6.30. The van der Waals surface area contributed by atoms with Crippen LogP contribution in [0.2, 0.25) is 0 Å². The van der Waals surface area contributed by atoms with E-state index in [2.05, 4.69) is 12.2 Å². The minimum atomic E-state index is -0.343. The molecule has 156 valence electrons. The molecule has 0 saturated heterocycles. The third-order valence-electron chi connectivity index (χ3n) is 5.21. The summed E-state index contributed by atoms with van der Waals surface area (Å²) < 4.78 is 0. The molecular formula is C26H24N2O2S. The van der Waals surface area contributed by atoms with Crippen LogP contribution in [-0.2, 0) is 16.0 Å². The Balaban J connectivity index is 1.71. The van der Waals surface area contributed by atoms with Crippen molar-refractivity contribution in [2.24, 2.45) is 0 Å². The van der Waals surface area contributed by atoms with Gasteiger partial charge in [-0.05, 0) is 62.2 Å². The molecule has 0 aromatic heterocycles. The lowest BCUT2D eigenvalue weighted by molar-refractivity contribution is -0.120. The topological polar surface area (TPSA) is 49.4 Å². The minimum Gasteiger partial charge on any atom is -0.350 e. The number of nitrogens with zero attached hydrogens (tertiary/aromatic N) is 1. The van der Waals surface area contributed by atoms with E-state index in [1.165, 1.54) is 16.7 Å². The van der Waals surface area contributed by atoms with Crippen molar-refractivity contribution in [1.82, 2.24) is 0 Å². The van der Waals surface area contributed by atoms with Gasteiger partial charge in [0.05, 0.1) is 5.69 Å². The van der Waals surface area contributed by atoms with E-state index in [0.717, 1.165) is 33.7 Å². The molecule has 4 nitrogen and oxygen atoms in total. The van der Waals surface area contributed by atoms with Crippen molar-refractivity contribution in [2.45, 2.75) is 32.1 Å². The van der Waals surface area contributed by atoms with Crippen LogP contribution in [0.15, 0.2) is 88.3 Å².